The summed E-state index contributed by atoms with van der Waals surface area (Å²) >= 11 is 8.15. The number of hydrogen-bond acceptors (Lipinski definition) is 6. The number of benzene rings is 2. The van der Waals surface area contributed by atoms with Gasteiger partial charge in [0.15, 0.2) is 0 Å². The third kappa shape index (κ3) is 7.05. The Morgan fingerprint density at radius 1 is 1.13 bits per heavy atom. The Labute approximate surface area is 194 Å². The summed E-state index contributed by atoms with van der Waals surface area (Å²) in [5, 5.41) is 5.71. The number of carbonyl (C=O) groups is 1. The first-order valence-corrected chi connectivity index (χ1v) is 12.6. The summed E-state index contributed by atoms with van der Waals surface area (Å²) in [5.41, 5.74) is 1.18. The number of thioether (sulfide) groups is 1. The monoisotopic (exact) mass is 484 g/mol. The van der Waals surface area contributed by atoms with Gasteiger partial charge in [-0.05, 0) is 31.2 Å². The van der Waals surface area contributed by atoms with Gasteiger partial charge in [-0.2, -0.15) is 11.8 Å². The summed E-state index contributed by atoms with van der Waals surface area (Å²) in [4.78, 5) is 12.2. The lowest BCUT2D eigenvalue weighted by molar-refractivity contribution is -0.119. The number of anilines is 1. The minimum atomic E-state index is -3.94. The van der Waals surface area contributed by atoms with Crippen LogP contribution in [0.25, 0.3) is 0 Å². The van der Waals surface area contributed by atoms with Crippen molar-refractivity contribution in [2.45, 2.75) is 42.2 Å². The molecule has 2 aromatic rings. The van der Waals surface area contributed by atoms with Gasteiger partial charge in [-0.25, -0.2) is 8.42 Å². The van der Waals surface area contributed by atoms with E-state index in [1.165, 1.54) is 19.2 Å². The normalized spacial score (nSPS) is 11.8. The Balaban J connectivity index is 2.22. The maximum atomic E-state index is 13.3. The van der Waals surface area contributed by atoms with Crippen molar-refractivity contribution in [2.24, 2.45) is 0 Å². The zero-order valence-corrected chi connectivity index (χ0v) is 20.8. The molecule has 0 saturated carbocycles. The highest BCUT2D eigenvalue weighted by molar-refractivity contribution is 8.00. The van der Waals surface area contributed by atoms with Gasteiger partial charge in [-0.15, -0.1) is 0 Å². The molecule has 2 rings (SSSR count). The van der Waals surface area contributed by atoms with Gasteiger partial charge >= 0.3 is 0 Å². The highest BCUT2D eigenvalue weighted by atomic mass is 35.5. The van der Waals surface area contributed by atoms with Crippen molar-refractivity contribution < 1.29 is 17.9 Å². The maximum Gasteiger partial charge on any atom is 0.239 e. The van der Waals surface area contributed by atoms with Gasteiger partial charge in [0.05, 0.1) is 24.2 Å². The van der Waals surface area contributed by atoms with Crippen LogP contribution in [0.5, 0.6) is 5.75 Å². The topological polar surface area (TPSA) is 84.5 Å². The molecular formula is C22H29ClN2O4S2. The lowest BCUT2D eigenvalue weighted by atomic mass is 10.2. The first kappa shape index (κ1) is 25.4. The first-order chi connectivity index (χ1) is 14.5. The van der Waals surface area contributed by atoms with Crippen molar-refractivity contribution in [2.75, 3.05) is 31.3 Å². The average Bonchev–Trinajstić information content (AvgIpc) is 2.69. The van der Waals surface area contributed by atoms with E-state index in [-0.39, 0.29) is 43.4 Å². The molecule has 1 amide bonds. The third-order valence-corrected chi connectivity index (χ3v) is 7.90. The number of hydrogen-bond donors (Lipinski definition) is 2. The predicted molar refractivity (Wildman–Crippen MR) is 128 cm³/mol. The Morgan fingerprint density at radius 2 is 1.77 bits per heavy atom. The van der Waals surface area contributed by atoms with Crippen LogP contribution >= 0.6 is 23.4 Å². The molecule has 0 spiro atoms. The van der Waals surface area contributed by atoms with E-state index in [4.69, 9.17) is 16.3 Å². The van der Waals surface area contributed by atoms with Crippen LogP contribution in [-0.4, -0.2) is 45.0 Å². The number of methoxy groups -OCH3 is 1. The first-order valence-electron chi connectivity index (χ1n) is 9.78. The molecule has 0 aliphatic rings. The largest absolute Gasteiger partial charge is 0.495 e. The molecule has 0 bridgehead atoms. The van der Waals surface area contributed by atoms with E-state index < -0.39 is 9.84 Å². The standard InChI is InChI=1S/C22H29ClN2O4S2/c1-15-6-8-16(9-7-15)31(27,28)21-17(10-11-18(29-5)20(21)23)25-14-19(26)24-12-13-30-22(2,3)4/h6-11,25H,12-14H2,1-5H3,(H,24,26). The number of ether oxygens (including phenoxy) is 1. The van der Waals surface area contributed by atoms with Crippen LogP contribution in [-0.2, 0) is 14.6 Å². The molecule has 170 valence electrons. The quantitative estimate of drug-likeness (QED) is 0.508. The molecule has 0 heterocycles. The molecule has 0 saturated heterocycles. The van der Waals surface area contributed by atoms with Gasteiger partial charge in [-0.1, -0.05) is 50.1 Å². The Hall–Kier alpha value is -1.90. The van der Waals surface area contributed by atoms with Gasteiger partial charge in [0.2, 0.25) is 15.7 Å². The number of nitrogens with one attached hydrogen (secondary N) is 2. The molecule has 0 aromatic heterocycles. The highest BCUT2D eigenvalue weighted by Gasteiger charge is 2.27. The highest BCUT2D eigenvalue weighted by Crippen LogP contribution is 2.39. The van der Waals surface area contributed by atoms with Crippen LogP contribution < -0.4 is 15.4 Å². The molecule has 2 aromatic carbocycles. The Bertz CT molecular complexity index is 1020. The second-order valence-corrected chi connectivity index (χ2v) is 12.1. The van der Waals surface area contributed by atoms with Crippen molar-refractivity contribution in [1.29, 1.82) is 0 Å². The van der Waals surface area contributed by atoms with Gasteiger partial charge in [0.1, 0.15) is 15.7 Å². The van der Waals surface area contributed by atoms with E-state index in [1.807, 2.05) is 6.92 Å². The molecule has 0 radical (unpaired) electrons. The molecule has 0 unspecified atom stereocenters. The fourth-order valence-corrected chi connectivity index (χ4v) is 5.58. The molecule has 31 heavy (non-hydrogen) atoms. The number of aryl methyl sites for hydroxylation is 1. The van der Waals surface area contributed by atoms with E-state index in [0.717, 1.165) is 11.3 Å². The summed E-state index contributed by atoms with van der Waals surface area (Å²) in [6.45, 7) is 8.67. The summed E-state index contributed by atoms with van der Waals surface area (Å²) in [6, 6.07) is 9.62. The second-order valence-electron chi connectivity index (χ2n) is 7.94. The molecule has 9 heteroatoms. The number of carbonyl (C=O) groups excluding carboxylic acids is 1. The molecule has 0 atom stereocenters. The van der Waals surface area contributed by atoms with Crippen LogP contribution in [0, 0.1) is 6.92 Å². The molecule has 6 nitrogen and oxygen atoms in total. The van der Waals surface area contributed by atoms with Crippen LogP contribution in [0.2, 0.25) is 5.02 Å². The van der Waals surface area contributed by atoms with E-state index in [2.05, 4.69) is 31.4 Å². The minimum absolute atomic E-state index is 0.0324. The fraction of sp³-hybridized carbons (Fsp3) is 0.409. The predicted octanol–water partition coefficient (Wildman–Crippen LogP) is 4.55. The fourth-order valence-electron chi connectivity index (χ4n) is 2.72. The van der Waals surface area contributed by atoms with E-state index in [0.29, 0.717) is 6.54 Å². The van der Waals surface area contributed by atoms with Crippen molar-refractivity contribution in [3.8, 4) is 5.75 Å². The maximum absolute atomic E-state index is 13.3. The van der Waals surface area contributed by atoms with Crippen LogP contribution in [0.1, 0.15) is 26.3 Å². The van der Waals surface area contributed by atoms with Gasteiger partial charge < -0.3 is 15.4 Å². The van der Waals surface area contributed by atoms with Crippen LogP contribution in [0.4, 0.5) is 5.69 Å². The number of amides is 1. The van der Waals surface area contributed by atoms with Crippen LogP contribution in [0.15, 0.2) is 46.2 Å². The van der Waals surface area contributed by atoms with Crippen molar-refractivity contribution in [3.63, 3.8) is 0 Å². The summed E-state index contributed by atoms with van der Waals surface area (Å²) < 4.78 is 32.0. The number of sulfone groups is 1. The summed E-state index contributed by atoms with van der Waals surface area (Å²) in [5.74, 6) is 0.790. The summed E-state index contributed by atoms with van der Waals surface area (Å²) in [7, 11) is -2.53. The molecule has 0 fully saturated rings. The third-order valence-electron chi connectivity index (χ3n) is 4.28. The number of halogens is 1. The Morgan fingerprint density at radius 3 is 2.35 bits per heavy atom. The smallest absolute Gasteiger partial charge is 0.239 e. The van der Waals surface area contributed by atoms with E-state index >= 15 is 0 Å². The van der Waals surface area contributed by atoms with Crippen molar-refractivity contribution >= 4 is 44.8 Å². The van der Waals surface area contributed by atoms with Gasteiger partial charge in [-0.3, -0.25) is 4.79 Å². The minimum Gasteiger partial charge on any atom is -0.495 e. The average molecular weight is 485 g/mol. The zero-order valence-electron chi connectivity index (χ0n) is 18.4. The molecule has 0 aliphatic carbocycles. The molecule has 2 N–H and O–H groups in total. The van der Waals surface area contributed by atoms with Gasteiger partial charge in [0.25, 0.3) is 0 Å². The zero-order chi connectivity index (χ0) is 23.2. The van der Waals surface area contributed by atoms with Crippen molar-refractivity contribution in [1.82, 2.24) is 5.32 Å². The SMILES string of the molecule is COc1ccc(NCC(=O)NCCSC(C)(C)C)c(S(=O)(=O)c2ccc(C)cc2)c1Cl. The summed E-state index contributed by atoms with van der Waals surface area (Å²) in [6.07, 6.45) is 0. The lowest BCUT2D eigenvalue weighted by Gasteiger charge is -2.18. The van der Waals surface area contributed by atoms with Gasteiger partial charge in [0, 0.05) is 17.0 Å². The van der Waals surface area contributed by atoms with Crippen LogP contribution in [0.3, 0.4) is 0 Å². The number of rotatable bonds is 9. The van der Waals surface area contributed by atoms with E-state index in [1.54, 1.807) is 36.0 Å². The van der Waals surface area contributed by atoms with E-state index in [9.17, 15) is 13.2 Å². The molecule has 0 aliphatic heterocycles. The Kier molecular flexibility index (Phi) is 8.68. The lowest BCUT2D eigenvalue weighted by Crippen LogP contribution is -2.32. The second kappa shape index (κ2) is 10.6. The molecular weight excluding hydrogens is 456 g/mol. The van der Waals surface area contributed by atoms with Crippen molar-refractivity contribution in [3.05, 3.63) is 47.0 Å².